The summed E-state index contributed by atoms with van der Waals surface area (Å²) in [6.45, 7) is 2.49. The Morgan fingerprint density at radius 1 is 1.38 bits per heavy atom. The number of hydrogen-bond acceptors (Lipinski definition) is 1. The van der Waals surface area contributed by atoms with Crippen LogP contribution in [0.25, 0.3) is 0 Å². The molecule has 0 spiro atoms. The summed E-state index contributed by atoms with van der Waals surface area (Å²) in [5.41, 5.74) is 0.434. The van der Waals surface area contributed by atoms with Gasteiger partial charge in [0.1, 0.15) is 11.6 Å². The lowest BCUT2D eigenvalue weighted by atomic mass is 9.82. The SMILES string of the molecule is C[C@@H]1CNC(=O)C[C@H]1c1ccc(F)cc1F. The van der Waals surface area contributed by atoms with Crippen LogP contribution in [0, 0.1) is 17.6 Å². The molecule has 86 valence electrons. The quantitative estimate of drug-likeness (QED) is 0.780. The molecule has 0 bridgehead atoms. The predicted molar refractivity (Wildman–Crippen MR) is 55.9 cm³/mol. The molecule has 16 heavy (non-hydrogen) atoms. The molecule has 1 heterocycles. The Bertz CT molecular complexity index is 419. The number of amides is 1. The van der Waals surface area contributed by atoms with Gasteiger partial charge >= 0.3 is 0 Å². The van der Waals surface area contributed by atoms with E-state index in [4.69, 9.17) is 0 Å². The maximum atomic E-state index is 13.6. The number of hydrogen-bond donors (Lipinski definition) is 1. The lowest BCUT2D eigenvalue weighted by Gasteiger charge is -2.29. The number of benzene rings is 1. The Morgan fingerprint density at radius 3 is 2.81 bits per heavy atom. The fourth-order valence-corrected chi connectivity index (χ4v) is 2.11. The van der Waals surface area contributed by atoms with Crippen molar-refractivity contribution < 1.29 is 13.6 Å². The topological polar surface area (TPSA) is 29.1 Å². The normalized spacial score (nSPS) is 25.3. The van der Waals surface area contributed by atoms with Gasteiger partial charge in [-0.25, -0.2) is 8.78 Å². The minimum atomic E-state index is -0.589. The third-order valence-corrected chi connectivity index (χ3v) is 3.08. The van der Waals surface area contributed by atoms with Crippen molar-refractivity contribution in [3.05, 3.63) is 35.4 Å². The molecule has 1 amide bonds. The van der Waals surface area contributed by atoms with Gasteiger partial charge in [-0.1, -0.05) is 13.0 Å². The van der Waals surface area contributed by atoms with Crippen LogP contribution in [0.3, 0.4) is 0 Å². The van der Waals surface area contributed by atoms with Crippen LogP contribution < -0.4 is 5.32 Å². The summed E-state index contributed by atoms with van der Waals surface area (Å²) in [6.07, 6.45) is 0.268. The molecule has 4 heteroatoms. The second-order valence-corrected chi connectivity index (χ2v) is 4.26. The molecule has 2 nitrogen and oxygen atoms in total. The number of halogens is 2. The summed E-state index contributed by atoms with van der Waals surface area (Å²) in [5.74, 6) is -1.22. The zero-order valence-corrected chi connectivity index (χ0v) is 8.97. The smallest absolute Gasteiger partial charge is 0.220 e. The minimum absolute atomic E-state index is 0.0770. The van der Waals surface area contributed by atoms with E-state index in [-0.39, 0.29) is 24.2 Å². The van der Waals surface area contributed by atoms with E-state index in [2.05, 4.69) is 5.32 Å². The van der Waals surface area contributed by atoms with Crippen LogP contribution in [0.1, 0.15) is 24.8 Å². The van der Waals surface area contributed by atoms with Gasteiger partial charge in [-0.2, -0.15) is 0 Å². The summed E-state index contributed by atoms with van der Waals surface area (Å²) in [6, 6.07) is 3.54. The lowest BCUT2D eigenvalue weighted by molar-refractivity contribution is -0.123. The van der Waals surface area contributed by atoms with E-state index < -0.39 is 11.6 Å². The van der Waals surface area contributed by atoms with Gasteiger partial charge in [-0.05, 0) is 23.5 Å². The zero-order chi connectivity index (χ0) is 11.7. The van der Waals surface area contributed by atoms with Crippen molar-refractivity contribution in [2.45, 2.75) is 19.3 Å². The van der Waals surface area contributed by atoms with Gasteiger partial charge in [-0.15, -0.1) is 0 Å². The standard InChI is InChI=1S/C12H13F2NO/c1-7-6-15-12(16)5-10(7)9-3-2-8(13)4-11(9)14/h2-4,7,10H,5-6H2,1H3,(H,15,16)/t7-,10-/m1/s1. The van der Waals surface area contributed by atoms with E-state index in [1.807, 2.05) is 6.92 Å². The highest BCUT2D eigenvalue weighted by atomic mass is 19.1. The van der Waals surface area contributed by atoms with Crippen LogP contribution in [0.2, 0.25) is 0 Å². The van der Waals surface area contributed by atoms with Gasteiger partial charge in [0, 0.05) is 19.0 Å². The van der Waals surface area contributed by atoms with Gasteiger partial charge < -0.3 is 5.32 Å². The van der Waals surface area contributed by atoms with Crippen LogP contribution in [0.5, 0.6) is 0 Å². The second-order valence-electron chi connectivity index (χ2n) is 4.26. The average molecular weight is 225 g/mol. The van der Waals surface area contributed by atoms with Crippen molar-refractivity contribution in [2.75, 3.05) is 6.54 Å². The lowest BCUT2D eigenvalue weighted by Crippen LogP contribution is -2.38. The molecule has 0 aliphatic carbocycles. The van der Waals surface area contributed by atoms with Crippen molar-refractivity contribution in [1.29, 1.82) is 0 Å². The fraction of sp³-hybridized carbons (Fsp3) is 0.417. The van der Waals surface area contributed by atoms with Gasteiger partial charge in [0.25, 0.3) is 0 Å². The molecule has 1 aromatic rings. The summed E-state index contributed by atoms with van der Waals surface area (Å²) < 4.78 is 26.3. The Kier molecular flexibility index (Phi) is 2.90. The van der Waals surface area contributed by atoms with Crippen LogP contribution in [0.15, 0.2) is 18.2 Å². The number of piperidine rings is 1. The number of carbonyl (C=O) groups excluding carboxylic acids is 1. The van der Waals surface area contributed by atoms with Crippen LogP contribution >= 0.6 is 0 Å². The highest BCUT2D eigenvalue weighted by molar-refractivity contribution is 5.77. The minimum Gasteiger partial charge on any atom is -0.356 e. The number of rotatable bonds is 1. The molecule has 1 N–H and O–H groups in total. The molecule has 0 unspecified atom stereocenters. The third kappa shape index (κ3) is 2.05. The van der Waals surface area contributed by atoms with Gasteiger partial charge in [0.05, 0.1) is 0 Å². The Hall–Kier alpha value is -1.45. The summed E-state index contributed by atoms with van der Waals surface area (Å²) in [4.78, 5) is 11.3. The molecule has 1 aliphatic heterocycles. The first-order valence-electron chi connectivity index (χ1n) is 5.29. The van der Waals surface area contributed by atoms with Crippen molar-refractivity contribution >= 4 is 5.91 Å². The molecule has 1 saturated heterocycles. The van der Waals surface area contributed by atoms with E-state index >= 15 is 0 Å². The first-order valence-corrected chi connectivity index (χ1v) is 5.29. The highest BCUT2D eigenvalue weighted by Gasteiger charge is 2.29. The largest absolute Gasteiger partial charge is 0.356 e. The highest BCUT2D eigenvalue weighted by Crippen LogP contribution is 2.32. The number of nitrogens with one attached hydrogen (secondary N) is 1. The molecule has 1 aliphatic rings. The van der Waals surface area contributed by atoms with Crippen molar-refractivity contribution in [3.8, 4) is 0 Å². The molecular formula is C12H13F2NO. The molecule has 1 aromatic carbocycles. The molecule has 0 radical (unpaired) electrons. The zero-order valence-electron chi connectivity index (χ0n) is 8.97. The monoisotopic (exact) mass is 225 g/mol. The van der Waals surface area contributed by atoms with E-state index in [1.54, 1.807) is 0 Å². The second kappa shape index (κ2) is 4.20. The Morgan fingerprint density at radius 2 is 2.12 bits per heavy atom. The first kappa shape index (κ1) is 11.0. The van der Waals surface area contributed by atoms with Gasteiger partial charge in [0.15, 0.2) is 0 Å². The maximum absolute atomic E-state index is 13.6. The average Bonchev–Trinajstić information content (AvgIpc) is 2.22. The summed E-state index contributed by atoms with van der Waals surface area (Å²) >= 11 is 0. The Labute approximate surface area is 92.7 Å². The van der Waals surface area contributed by atoms with Crippen LogP contribution in [-0.4, -0.2) is 12.5 Å². The van der Waals surface area contributed by atoms with E-state index in [0.717, 1.165) is 6.07 Å². The molecular weight excluding hydrogens is 212 g/mol. The van der Waals surface area contributed by atoms with E-state index in [1.165, 1.54) is 12.1 Å². The predicted octanol–water partition coefficient (Wildman–Crippen LogP) is 2.20. The molecule has 1 fully saturated rings. The summed E-state index contributed by atoms with van der Waals surface area (Å²) in [5, 5.41) is 2.73. The van der Waals surface area contributed by atoms with Crippen molar-refractivity contribution in [3.63, 3.8) is 0 Å². The van der Waals surface area contributed by atoms with Gasteiger partial charge in [-0.3, -0.25) is 4.79 Å². The molecule has 2 rings (SSSR count). The molecule has 2 atom stereocenters. The maximum Gasteiger partial charge on any atom is 0.220 e. The summed E-state index contributed by atoms with van der Waals surface area (Å²) in [7, 11) is 0. The first-order chi connectivity index (χ1) is 7.58. The van der Waals surface area contributed by atoms with Crippen LogP contribution in [0.4, 0.5) is 8.78 Å². The van der Waals surface area contributed by atoms with E-state index in [9.17, 15) is 13.6 Å². The van der Waals surface area contributed by atoms with E-state index in [0.29, 0.717) is 12.1 Å². The number of carbonyl (C=O) groups is 1. The Balaban J connectivity index is 2.31. The molecule has 0 aromatic heterocycles. The van der Waals surface area contributed by atoms with Crippen molar-refractivity contribution in [2.24, 2.45) is 5.92 Å². The molecule has 0 saturated carbocycles. The fourth-order valence-electron chi connectivity index (χ4n) is 2.11. The van der Waals surface area contributed by atoms with Crippen LogP contribution in [-0.2, 0) is 4.79 Å². The van der Waals surface area contributed by atoms with Crippen molar-refractivity contribution in [1.82, 2.24) is 5.32 Å². The third-order valence-electron chi connectivity index (χ3n) is 3.08. The van der Waals surface area contributed by atoms with Gasteiger partial charge in [0.2, 0.25) is 5.91 Å².